The number of rotatable bonds is 1. The molecule has 0 spiro atoms. The van der Waals surface area contributed by atoms with Crippen molar-refractivity contribution in [2.24, 2.45) is 0 Å². The lowest BCUT2D eigenvalue weighted by molar-refractivity contribution is 0.850. The third kappa shape index (κ3) is 2.27. The second-order valence-corrected chi connectivity index (χ2v) is 3.02. The average molecular weight is 181 g/mol. The molecule has 0 amide bonds. The van der Waals surface area contributed by atoms with Crippen LogP contribution < -0.4 is 0 Å². The van der Waals surface area contributed by atoms with Gasteiger partial charge in [-0.2, -0.15) is 0 Å². The molecular formula is C13H11N. The van der Waals surface area contributed by atoms with E-state index in [9.17, 15) is 0 Å². The zero-order valence-electron chi connectivity index (χ0n) is 7.85. The molecule has 0 saturated carbocycles. The Morgan fingerprint density at radius 3 is 2.36 bits per heavy atom. The Kier molecular flexibility index (Phi) is 2.68. The van der Waals surface area contributed by atoms with Crippen LogP contribution in [0.1, 0.15) is 5.56 Å². The van der Waals surface area contributed by atoms with E-state index in [4.69, 9.17) is 0 Å². The fourth-order valence-corrected chi connectivity index (χ4v) is 1.23. The van der Waals surface area contributed by atoms with E-state index in [1.807, 2.05) is 54.9 Å². The minimum absolute atomic E-state index is 0.752. The Bertz CT molecular complexity index is 429. The molecule has 68 valence electrons. The molecule has 1 heterocycles. The molecular weight excluding hydrogens is 170 g/mol. The van der Waals surface area contributed by atoms with E-state index in [0.29, 0.717) is 0 Å². The summed E-state index contributed by atoms with van der Waals surface area (Å²) >= 11 is 0. The van der Waals surface area contributed by atoms with Crippen molar-refractivity contribution in [1.82, 2.24) is 4.57 Å². The van der Waals surface area contributed by atoms with Crippen LogP contribution in [0.3, 0.4) is 0 Å². The van der Waals surface area contributed by atoms with Gasteiger partial charge < -0.3 is 4.57 Å². The molecule has 14 heavy (non-hydrogen) atoms. The summed E-state index contributed by atoms with van der Waals surface area (Å²) in [6.07, 6.45) is 4.03. The molecule has 0 saturated heterocycles. The molecule has 2 aromatic rings. The molecule has 0 N–H and O–H groups in total. The standard InChI is InChI=1S/C13H11N/c1-2-7-13(8-3-1)9-6-12-14-10-4-5-11-14/h1-5,7-8,10-11H,12H2. The molecule has 0 radical (unpaired) electrons. The fourth-order valence-electron chi connectivity index (χ4n) is 1.23. The highest BCUT2D eigenvalue weighted by molar-refractivity contribution is 5.33. The van der Waals surface area contributed by atoms with E-state index in [-0.39, 0.29) is 0 Å². The van der Waals surface area contributed by atoms with Gasteiger partial charge in [-0.3, -0.25) is 0 Å². The van der Waals surface area contributed by atoms with Gasteiger partial charge in [-0.15, -0.1) is 0 Å². The first-order valence-corrected chi connectivity index (χ1v) is 4.60. The third-order valence-corrected chi connectivity index (χ3v) is 1.93. The topological polar surface area (TPSA) is 4.93 Å². The van der Waals surface area contributed by atoms with Crippen molar-refractivity contribution in [3.8, 4) is 11.8 Å². The van der Waals surface area contributed by atoms with Gasteiger partial charge >= 0.3 is 0 Å². The Hall–Kier alpha value is -1.94. The van der Waals surface area contributed by atoms with Crippen LogP contribution in [0, 0.1) is 11.8 Å². The van der Waals surface area contributed by atoms with Crippen LogP contribution in [-0.4, -0.2) is 4.57 Å². The van der Waals surface area contributed by atoms with Crippen LogP contribution in [0.25, 0.3) is 0 Å². The van der Waals surface area contributed by atoms with Crippen LogP contribution in [0.5, 0.6) is 0 Å². The molecule has 0 bridgehead atoms. The smallest absolute Gasteiger partial charge is 0.0835 e. The van der Waals surface area contributed by atoms with Crippen LogP contribution >= 0.6 is 0 Å². The highest BCUT2D eigenvalue weighted by Crippen LogP contribution is 1.95. The molecule has 0 unspecified atom stereocenters. The van der Waals surface area contributed by atoms with Crippen LogP contribution in [-0.2, 0) is 6.54 Å². The van der Waals surface area contributed by atoms with Gasteiger partial charge in [0.2, 0.25) is 0 Å². The second-order valence-electron chi connectivity index (χ2n) is 3.02. The third-order valence-electron chi connectivity index (χ3n) is 1.93. The van der Waals surface area contributed by atoms with Crippen molar-refractivity contribution in [3.05, 3.63) is 60.4 Å². The summed E-state index contributed by atoms with van der Waals surface area (Å²) in [6.45, 7) is 0.752. The van der Waals surface area contributed by atoms with E-state index < -0.39 is 0 Å². The molecule has 0 atom stereocenters. The molecule has 2 rings (SSSR count). The van der Waals surface area contributed by atoms with E-state index in [1.54, 1.807) is 0 Å². The van der Waals surface area contributed by atoms with Gasteiger partial charge in [0.25, 0.3) is 0 Å². The lowest BCUT2D eigenvalue weighted by atomic mass is 10.2. The van der Waals surface area contributed by atoms with Gasteiger partial charge in [0.1, 0.15) is 0 Å². The van der Waals surface area contributed by atoms with Crippen LogP contribution in [0.4, 0.5) is 0 Å². The van der Waals surface area contributed by atoms with Gasteiger partial charge in [-0.05, 0) is 24.3 Å². The number of hydrogen-bond acceptors (Lipinski definition) is 0. The van der Waals surface area contributed by atoms with Gasteiger partial charge in [0.05, 0.1) is 6.54 Å². The SMILES string of the molecule is C(#Cc1ccccc1)Cn1cccc1. The van der Waals surface area contributed by atoms with Crippen molar-refractivity contribution in [3.63, 3.8) is 0 Å². The van der Waals surface area contributed by atoms with Gasteiger partial charge in [-0.25, -0.2) is 0 Å². The Balaban J connectivity index is 2.02. The maximum atomic E-state index is 3.12. The predicted octanol–water partition coefficient (Wildman–Crippen LogP) is 2.54. The fraction of sp³-hybridized carbons (Fsp3) is 0.0769. The first-order valence-electron chi connectivity index (χ1n) is 4.60. The summed E-state index contributed by atoms with van der Waals surface area (Å²) in [5, 5.41) is 0. The molecule has 0 aliphatic rings. The minimum Gasteiger partial charge on any atom is -0.343 e. The zero-order valence-corrected chi connectivity index (χ0v) is 7.85. The van der Waals surface area contributed by atoms with Crippen LogP contribution in [0.15, 0.2) is 54.9 Å². The Morgan fingerprint density at radius 1 is 0.929 bits per heavy atom. The monoisotopic (exact) mass is 181 g/mol. The lowest BCUT2D eigenvalue weighted by Crippen LogP contribution is -1.89. The molecule has 1 aromatic carbocycles. The molecule has 0 aliphatic carbocycles. The van der Waals surface area contributed by atoms with E-state index in [2.05, 4.69) is 16.4 Å². The number of nitrogens with zero attached hydrogens (tertiary/aromatic N) is 1. The summed E-state index contributed by atoms with van der Waals surface area (Å²) in [7, 11) is 0. The van der Waals surface area contributed by atoms with Crippen LogP contribution in [0.2, 0.25) is 0 Å². The number of hydrogen-bond donors (Lipinski definition) is 0. The quantitative estimate of drug-likeness (QED) is 0.596. The van der Waals surface area contributed by atoms with E-state index >= 15 is 0 Å². The molecule has 1 nitrogen and oxygen atoms in total. The van der Waals surface area contributed by atoms with Gasteiger partial charge in [0.15, 0.2) is 0 Å². The minimum atomic E-state index is 0.752. The van der Waals surface area contributed by atoms with Crippen molar-refractivity contribution in [1.29, 1.82) is 0 Å². The first kappa shape index (κ1) is 8.65. The van der Waals surface area contributed by atoms with E-state index in [0.717, 1.165) is 12.1 Å². The Labute approximate surface area is 84.0 Å². The molecule has 1 aromatic heterocycles. The maximum Gasteiger partial charge on any atom is 0.0835 e. The van der Waals surface area contributed by atoms with Crippen molar-refractivity contribution in [2.45, 2.75) is 6.54 Å². The molecule has 1 heteroatoms. The average Bonchev–Trinajstić information content (AvgIpc) is 2.72. The highest BCUT2D eigenvalue weighted by atomic mass is 14.9. The second kappa shape index (κ2) is 4.34. The summed E-state index contributed by atoms with van der Waals surface area (Å²) in [5.74, 6) is 6.23. The van der Waals surface area contributed by atoms with Crippen molar-refractivity contribution >= 4 is 0 Å². The molecule has 0 aliphatic heterocycles. The summed E-state index contributed by atoms with van der Waals surface area (Å²) < 4.78 is 2.05. The lowest BCUT2D eigenvalue weighted by Gasteiger charge is -1.92. The normalized spacial score (nSPS) is 9.14. The summed E-state index contributed by atoms with van der Waals surface area (Å²) in [4.78, 5) is 0. The van der Waals surface area contributed by atoms with Gasteiger partial charge in [0, 0.05) is 18.0 Å². The Morgan fingerprint density at radius 2 is 1.64 bits per heavy atom. The van der Waals surface area contributed by atoms with Crippen molar-refractivity contribution < 1.29 is 0 Å². The summed E-state index contributed by atoms with van der Waals surface area (Å²) in [5.41, 5.74) is 1.07. The maximum absolute atomic E-state index is 3.12. The largest absolute Gasteiger partial charge is 0.343 e. The van der Waals surface area contributed by atoms with E-state index in [1.165, 1.54) is 0 Å². The van der Waals surface area contributed by atoms with Crippen molar-refractivity contribution in [2.75, 3.05) is 0 Å². The zero-order chi connectivity index (χ0) is 9.64. The molecule has 0 fully saturated rings. The predicted molar refractivity (Wildman–Crippen MR) is 57.8 cm³/mol. The summed E-state index contributed by atoms with van der Waals surface area (Å²) in [6, 6.07) is 14.0. The number of aromatic nitrogens is 1. The first-order chi connectivity index (χ1) is 6.95. The highest BCUT2D eigenvalue weighted by Gasteiger charge is 1.83. The van der Waals surface area contributed by atoms with Gasteiger partial charge in [-0.1, -0.05) is 30.0 Å². The number of benzene rings is 1.